The van der Waals surface area contributed by atoms with E-state index in [1.165, 1.54) is 12.1 Å². The number of nitrogens with one attached hydrogen (secondary N) is 1. The van der Waals surface area contributed by atoms with Crippen molar-refractivity contribution < 1.29 is 33.9 Å². The van der Waals surface area contributed by atoms with E-state index >= 15 is 0 Å². The fourth-order valence-electron chi connectivity index (χ4n) is 6.75. The van der Waals surface area contributed by atoms with E-state index in [1.807, 2.05) is 72.4 Å². The second kappa shape index (κ2) is 14.4. The first-order valence-corrected chi connectivity index (χ1v) is 16.9. The Morgan fingerprint density at radius 2 is 1.65 bits per heavy atom. The Morgan fingerprint density at radius 3 is 2.38 bits per heavy atom. The third-order valence-electron chi connectivity index (χ3n) is 9.24. The van der Waals surface area contributed by atoms with Crippen molar-refractivity contribution in [2.75, 3.05) is 13.2 Å². The third kappa shape index (κ3) is 6.41. The van der Waals surface area contributed by atoms with Crippen molar-refractivity contribution in [1.82, 2.24) is 20.0 Å². The van der Waals surface area contributed by atoms with Gasteiger partial charge in [-0.15, -0.1) is 0 Å². The first kappa shape index (κ1) is 33.9. The summed E-state index contributed by atoms with van der Waals surface area (Å²) in [7, 11) is 0. The lowest BCUT2D eigenvalue weighted by Gasteiger charge is -2.27. The highest BCUT2D eigenvalue weighted by molar-refractivity contribution is 6.23. The number of hydrogen-bond donors (Lipinski definition) is 2. The Morgan fingerprint density at radius 1 is 0.923 bits per heavy atom. The molecule has 12 heteroatoms. The quantitative estimate of drug-likeness (QED) is 0.0669. The van der Waals surface area contributed by atoms with Gasteiger partial charge in [-0.3, -0.25) is 29.4 Å². The first-order valence-electron chi connectivity index (χ1n) is 16.9. The number of fused-ring (bicyclic) bond motifs is 2. The summed E-state index contributed by atoms with van der Waals surface area (Å²) in [6, 6.07) is 17.2. The summed E-state index contributed by atoms with van der Waals surface area (Å²) in [4.78, 5) is 50.9. The lowest BCUT2D eigenvalue weighted by atomic mass is 9.98. The van der Waals surface area contributed by atoms with Crippen LogP contribution in [0.1, 0.15) is 63.7 Å². The summed E-state index contributed by atoms with van der Waals surface area (Å²) >= 11 is 0. The molecule has 4 aromatic rings. The largest absolute Gasteiger partial charge is 0.490 e. The van der Waals surface area contributed by atoms with Gasteiger partial charge in [-0.05, 0) is 79.8 Å². The molecule has 262 valence electrons. The van der Waals surface area contributed by atoms with Crippen LogP contribution in [0, 0.1) is 0 Å². The van der Waals surface area contributed by atoms with E-state index < -0.39 is 29.7 Å². The zero-order chi connectivity index (χ0) is 36.4. The summed E-state index contributed by atoms with van der Waals surface area (Å²) in [6.45, 7) is 6.22. The molecule has 1 saturated heterocycles. The molecule has 3 aliphatic rings. The van der Waals surface area contributed by atoms with Crippen molar-refractivity contribution in [2.45, 2.75) is 38.6 Å². The average molecular weight is 698 g/mol. The van der Waals surface area contributed by atoms with Gasteiger partial charge in [-0.25, -0.2) is 4.68 Å². The minimum absolute atomic E-state index is 0.0531. The van der Waals surface area contributed by atoms with Crippen LogP contribution in [0.2, 0.25) is 0 Å². The maximum Gasteiger partial charge on any atom is 0.262 e. The second-order valence-electron chi connectivity index (χ2n) is 12.5. The van der Waals surface area contributed by atoms with E-state index in [4.69, 9.17) is 14.6 Å². The van der Waals surface area contributed by atoms with Crippen molar-refractivity contribution >= 4 is 34.9 Å². The smallest absolute Gasteiger partial charge is 0.262 e. The number of imide groups is 2. The lowest BCUT2D eigenvalue weighted by molar-refractivity contribution is -0.136. The predicted molar refractivity (Wildman–Crippen MR) is 193 cm³/mol. The molecule has 0 radical (unpaired) electrons. The molecule has 2 aliphatic heterocycles. The normalized spacial score (nSPS) is 17.9. The molecule has 2 N–H and O–H groups in total. The minimum atomic E-state index is -1.03. The first-order chi connectivity index (χ1) is 25.3. The summed E-state index contributed by atoms with van der Waals surface area (Å²) < 4.78 is 13.6. The number of aromatic nitrogens is 2. The topological polar surface area (TPSA) is 152 Å². The summed E-state index contributed by atoms with van der Waals surface area (Å²) in [5.74, 6) is -1.25. The molecule has 0 spiro atoms. The summed E-state index contributed by atoms with van der Waals surface area (Å²) in [5.41, 5.74) is 7.61. The van der Waals surface area contributed by atoms with Gasteiger partial charge in [0.05, 0.1) is 22.5 Å². The van der Waals surface area contributed by atoms with Crippen LogP contribution >= 0.6 is 0 Å². The highest BCUT2D eigenvalue weighted by Gasteiger charge is 2.44. The van der Waals surface area contributed by atoms with Crippen LogP contribution in [0.4, 0.5) is 0 Å². The third-order valence-corrected chi connectivity index (χ3v) is 9.24. The number of allylic oxidation sites excluding steroid dienone is 5. The van der Waals surface area contributed by atoms with Gasteiger partial charge in [0.2, 0.25) is 11.8 Å². The Balaban J connectivity index is 1.02. The molecule has 1 aromatic heterocycles. The van der Waals surface area contributed by atoms with Crippen molar-refractivity contribution in [3.63, 3.8) is 0 Å². The van der Waals surface area contributed by atoms with Gasteiger partial charge in [-0.1, -0.05) is 54.2 Å². The maximum absolute atomic E-state index is 13.1. The fourth-order valence-corrected chi connectivity index (χ4v) is 6.75. The highest BCUT2D eigenvalue weighted by Crippen LogP contribution is 2.34. The van der Waals surface area contributed by atoms with Crippen molar-refractivity contribution in [2.24, 2.45) is 5.16 Å². The minimum Gasteiger partial charge on any atom is -0.490 e. The van der Waals surface area contributed by atoms with Crippen LogP contribution in [0.15, 0.2) is 103 Å². The molecule has 3 heterocycles. The van der Waals surface area contributed by atoms with Gasteiger partial charge in [0.25, 0.3) is 11.8 Å². The van der Waals surface area contributed by atoms with Crippen LogP contribution in [-0.2, 0) is 16.0 Å². The molecule has 4 amide bonds. The number of nitrogens with zero attached hydrogens (tertiary/aromatic N) is 4. The van der Waals surface area contributed by atoms with Crippen molar-refractivity contribution in [3.8, 4) is 28.3 Å². The van der Waals surface area contributed by atoms with E-state index in [0.717, 1.165) is 50.5 Å². The van der Waals surface area contributed by atoms with Gasteiger partial charge in [0.15, 0.2) is 0 Å². The highest BCUT2D eigenvalue weighted by atomic mass is 16.5. The molecular formula is C40H35N5O7. The van der Waals surface area contributed by atoms with E-state index in [1.54, 1.807) is 12.1 Å². The van der Waals surface area contributed by atoms with Crippen LogP contribution in [0.5, 0.6) is 11.5 Å². The standard InChI is InChI=1S/C40H35N5O7/c1-3-5-24(6-4-2)37-33(26-7-14-30-25(21-26)8-16-34(30)43-50)23-44(42-37)27-9-11-28(12-10-27)51-19-20-52-29-13-15-31-32(22-29)40(49)45(39(31)48)35-17-18-36(46)41-38(35)47/h3-7,9-15,21-23,35,50H,1,8,16-20H2,2H3,(H,41,46,47)/b6-4-,24-5+,43-34+. The lowest BCUT2D eigenvalue weighted by Crippen LogP contribution is -2.54. The molecule has 1 aliphatic carbocycles. The van der Waals surface area contributed by atoms with E-state index in [2.05, 4.69) is 23.1 Å². The van der Waals surface area contributed by atoms with E-state index in [0.29, 0.717) is 23.6 Å². The SMILES string of the molecule is C=C/C=C(\C=C/C)c1nn(-c2ccc(OCCOc3ccc4c(c3)C(=O)N(C3CCC(=O)NC3=O)C4=O)cc2)cc1-c1ccc2c(c1)CC/C2=N\O. The number of benzene rings is 3. The zero-order valence-corrected chi connectivity index (χ0v) is 28.4. The zero-order valence-electron chi connectivity index (χ0n) is 28.4. The molecule has 1 fully saturated rings. The number of rotatable bonds is 11. The van der Waals surface area contributed by atoms with Crippen molar-refractivity contribution in [1.29, 1.82) is 0 Å². The van der Waals surface area contributed by atoms with Crippen LogP contribution in [0.25, 0.3) is 22.4 Å². The summed E-state index contributed by atoms with van der Waals surface area (Å²) in [5, 5.41) is 20.0. The Bertz CT molecular complexity index is 2210. The van der Waals surface area contributed by atoms with Gasteiger partial charge >= 0.3 is 0 Å². The van der Waals surface area contributed by atoms with E-state index in [9.17, 15) is 24.4 Å². The van der Waals surface area contributed by atoms with Gasteiger partial charge < -0.3 is 14.7 Å². The molecule has 3 aromatic carbocycles. The molecule has 52 heavy (non-hydrogen) atoms. The Labute approximate surface area is 299 Å². The molecule has 7 rings (SSSR count). The van der Waals surface area contributed by atoms with Gasteiger partial charge in [0, 0.05) is 29.3 Å². The van der Waals surface area contributed by atoms with Crippen molar-refractivity contribution in [3.05, 3.63) is 126 Å². The average Bonchev–Trinajstić information content (AvgIpc) is 3.84. The number of piperidine rings is 1. The molecule has 1 unspecified atom stereocenters. The number of amides is 4. The molecular weight excluding hydrogens is 662 g/mol. The number of aryl methyl sites for hydroxylation is 1. The van der Waals surface area contributed by atoms with Gasteiger partial charge in [-0.2, -0.15) is 5.10 Å². The number of hydrogen-bond acceptors (Lipinski definition) is 9. The van der Waals surface area contributed by atoms with Crippen LogP contribution < -0.4 is 14.8 Å². The molecule has 0 saturated carbocycles. The van der Waals surface area contributed by atoms with Gasteiger partial charge in [0.1, 0.15) is 36.4 Å². The number of carbonyl (C=O) groups excluding carboxylic acids is 4. The Hall–Kier alpha value is -6.56. The predicted octanol–water partition coefficient (Wildman–Crippen LogP) is 5.67. The number of carbonyl (C=O) groups is 4. The number of oxime groups is 1. The van der Waals surface area contributed by atoms with Crippen LogP contribution in [-0.4, -0.2) is 68.5 Å². The monoisotopic (exact) mass is 697 g/mol. The molecule has 1 atom stereocenters. The Kier molecular flexibility index (Phi) is 9.36. The molecule has 12 nitrogen and oxygen atoms in total. The summed E-state index contributed by atoms with van der Waals surface area (Å²) in [6.07, 6.45) is 11.3. The second-order valence-corrected chi connectivity index (χ2v) is 12.5. The van der Waals surface area contributed by atoms with E-state index in [-0.39, 0.29) is 37.2 Å². The van der Waals surface area contributed by atoms with Crippen LogP contribution in [0.3, 0.4) is 0 Å². The molecule has 0 bridgehead atoms. The fraction of sp³-hybridized carbons (Fsp3) is 0.200. The number of ether oxygens (including phenoxy) is 2. The maximum atomic E-state index is 13.1.